The summed E-state index contributed by atoms with van der Waals surface area (Å²) < 4.78 is 1.57. The van der Waals surface area contributed by atoms with Gasteiger partial charge in [0.05, 0.1) is 10.9 Å². The van der Waals surface area contributed by atoms with Gasteiger partial charge in [-0.2, -0.15) is 5.10 Å². The third-order valence-corrected chi connectivity index (χ3v) is 3.04. The van der Waals surface area contributed by atoms with Crippen LogP contribution >= 0.6 is 0 Å². The van der Waals surface area contributed by atoms with Crippen LogP contribution in [0.5, 0.6) is 0 Å². The predicted octanol–water partition coefficient (Wildman–Crippen LogP) is 2.06. The zero-order valence-corrected chi connectivity index (χ0v) is 9.48. The van der Waals surface area contributed by atoms with Crippen molar-refractivity contribution >= 4 is 27.9 Å². The van der Waals surface area contributed by atoms with Crippen molar-refractivity contribution in [1.82, 2.24) is 14.8 Å². The fourth-order valence-electron chi connectivity index (χ4n) is 2.23. The molecule has 0 aliphatic carbocycles. The van der Waals surface area contributed by atoms with E-state index in [1.54, 1.807) is 11.7 Å². The van der Waals surface area contributed by atoms with Crippen LogP contribution in [0.15, 0.2) is 18.2 Å². The second kappa shape index (κ2) is 3.10. The predicted molar refractivity (Wildman–Crippen MR) is 64.3 cm³/mol. The molecule has 3 aromatic rings. The molecule has 17 heavy (non-hydrogen) atoms. The molecule has 0 saturated carbocycles. The number of nitrogens with zero attached hydrogens (tertiary/aromatic N) is 2. The van der Waals surface area contributed by atoms with Gasteiger partial charge in [0.15, 0.2) is 5.69 Å². The number of benzene rings is 1. The molecule has 0 bridgehead atoms. The van der Waals surface area contributed by atoms with Crippen molar-refractivity contribution in [2.24, 2.45) is 7.05 Å². The minimum Gasteiger partial charge on any atom is -0.476 e. The van der Waals surface area contributed by atoms with Gasteiger partial charge in [-0.25, -0.2) is 4.79 Å². The van der Waals surface area contributed by atoms with E-state index in [1.807, 2.05) is 25.1 Å². The lowest BCUT2D eigenvalue weighted by Crippen LogP contribution is -2.00. The molecule has 5 heteroatoms. The molecule has 5 nitrogen and oxygen atoms in total. The molecule has 0 fully saturated rings. The molecule has 1 aromatic carbocycles. The lowest BCUT2D eigenvalue weighted by molar-refractivity contribution is 0.0691. The van der Waals surface area contributed by atoms with E-state index in [0.717, 1.165) is 22.1 Å². The Hall–Kier alpha value is -2.30. The van der Waals surface area contributed by atoms with Crippen LogP contribution in [-0.2, 0) is 7.05 Å². The highest BCUT2D eigenvalue weighted by molar-refractivity contribution is 6.15. The Bertz CT molecular complexity index is 752. The molecule has 0 amide bonds. The van der Waals surface area contributed by atoms with Gasteiger partial charge in [-0.1, -0.05) is 18.2 Å². The summed E-state index contributed by atoms with van der Waals surface area (Å²) in [4.78, 5) is 14.4. The molecule has 3 rings (SSSR count). The molecule has 2 aromatic heterocycles. The first-order valence-corrected chi connectivity index (χ1v) is 5.27. The average molecular weight is 229 g/mol. The fourth-order valence-corrected chi connectivity index (χ4v) is 2.23. The highest BCUT2D eigenvalue weighted by atomic mass is 16.4. The molecule has 0 atom stereocenters. The summed E-state index contributed by atoms with van der Waals surface area (Å²) in [6.45, 7) is 1.99. The second-order valence-corrected chi connectivity index (χ2v) is 4.12. The molecule has 0 radical (unpaired) electrons. The van der Waals surface area contributed by atoms with Crippen LogP contribution in [0.3, 0.4) is 0 Å². The molecular weight excluding hydrogens is 218 g/mol. The molecule has 2 N–H and O–H groups in total. The fraction of sp³-hybridized carbons (Fsp3) is 0.167. The maximum absolute atomic E-state index is 11.2. The number of carbonyl (C=O) groups is 1. The van der Waals surface area contributed by atoms with Crippen molar-refractivity contribution in [3.63, 3.8) is 0 Å². The van der Waals surface area contributed by atoms with Gasteiger partial charge in [0, 0.05) is 12.4 Å². The number of aryl methyl sites for hydroxylation is 2. The number of aromatic nitrogens is 3. The van der Waals surface area contributed by atoms with E-state index in [1.165, 1.54) is 0 Å². The molecule has 0 saturated heterocycles. The number of hydrogen-bond acceptors (Lipinski definition) is 2. The topological polar surface area (TPSA) is 70.9 Å². The molecular formula is C12H11N3O2. The first-order chi connectivity index (χ1) is 8.09. The molecule has 86 valence electrons. The molecule has 0 spiro atoms. The Labute approximate surface area is 96.7 Å². The van der Waals surface area contributed by atoms with Crippen molar-refractivity contribution in [1.29, 1.82) is 0 Å². The minimum atomic E-state index is -1.00. The highest BCUT2D eigenvalue weighted by Gasteiger charge is 2.19. The lowest BCUT2D eigenvalue weighted by Gasteiger charge is -1.95. The summed E-state index contributed by atoms with van der Waals surface area (Å²) in [7, 11) is 1.74. The number of carboxylic acid groups (broad SMARTS) is 1. The van der Waals surface area contributed by atoms with Gasteiger partial charge in [0.25, 0.3) is 0 Å². The maximum Gasteiger partial charge on any atom is 0.357 e. The van der Waals surface area contributed by atoms with Gasteiger partial charge in [0.1, 0.15) is 5.65 Å². The third-order valence-electron chi connectivity index (χ3n) is 3.04. The van der Waals surface area contributed by atoms with E-state index in [-0.39, 0.29) is 5.69 Å². The van der Waals surface area contributed by atoms with E-state index >= 15 is 0 Å². The van der Waals surface area contributed by atoms with Crippen molar-refractivity contribution in [2.45, 2.75) is 6.92 Å². The molecule has 0 aliphatic rings. The number of aromatic amines is 1. The first kappa shape index (κ1) is 9.89. The normalized spacial score (nSPS) is 11.4. The smallest absolute Gasteiger partial charge is 0.357 e. The summed E-state index contributed by atoms with van der Waals surface area (Å²) in [5.41, 5.74) is 2.90. The summed E-state index contributed by atoms with van der Waals surface area (Å²) in [6, 6.07) is 5.82. The van der Waals surface area contributed by atoms with E-state index in [4.69, 9.17) is 5.11 Å². The number of aromatic carboxylic acids is 1. The Morgan fingerprint density at radius 3 is 2.94 bits per heavy atom. The van der Waals surface area contributed by atoms with Crippen molar-refractivity contribution in [3.8, 4) is 0 Å². The lowest BCUT2D eigenvalue weighted by atomic mass is 10.1. The van der Waals surface area contributed by atoms with Crippen molar-refractivity contribution < 1.29 is 9.90 Å². The summed E-state index contributed by atoms with van der Waals surface area (Å²) in [6.07, 6.45) is 0. The summed E-state index contributed by atoms with van der Waals surface area (Å²) in [5.74, 6) is -1.00. The van der Waals surface area contributed by atoms with Gasteiger partial charge in [0.2, 0.25) is 0 Å². The largest absolute Gasteiger partial charge is 0.476 e. The van der Waals surface area contributed by atoms with Crippen LogP contribution in [0.1, 0.15) is 16.1 Å². The average Bonchev–Trinajstić information content (AvgIpc) is 2.79. The maximum atomic E-state index is 11.2. The number of H-pyrrole nitrogens is 1. The van der Waals surface area contributed by atoms with Crippen molar-refractivity contribution in [3.05, 3.63) is 29.5 Å². The van der Waals surface area contributed by atoms with Crippen LogP contribution in [-0.4, -0.2) is 25.8 Å². The second-order valence-electron chi connectivity index (χ2n) is 4.12. The Kier molecular flexibility index (Phi) is 1.80. The third kappa shape index (κ3) is 1.19. The first-order valence-electron chi connectivity index (χ1n) is 5.27. The van der Waals surface area contributed by atoms with Crippen LogP contribution in [0.2, 0.25) is 0 Å². The van der Waals surface area contributed by atoms with Gasteiger partial charge >= 0.3 is 5.97 Å². The zero-order chi connectivity index (χ0) is 12.2. The van der Waals surface area contributed by atoms with Crippen LogP contribution in [0.25, 0.3) is 21.9 Å². The van der Waals surface area contributed by atoms with Crippen LogP contribution in [0, 0.1) is 6.92 Å². The van der Waals surface area contributed by atoms with E-state index in [0.29, 0.717) is 5.39 Å². The standard InChI is InChI=1S/C12H11N3O2/c1-6-4-3-5-7-8-10(12(16)17)14-15(2)11(8)13-9(6)7/h3-5,13H,1-2H3,(H,16,17). The van der Waals surface area contributed by atoms with E-state index < -0.39 is 5.97 Å². The SMILES string of the molecule is Cc1cccc2c1[nH]c1c2c(C(=O)O)nn1C. The van der Waals surface area contributed by atoms with Gasteiger partial charge in [-0.05, 0) is 12.5 Å². The Morgan fingerprint density at radius 2 is 2.24 bits per heavy atom. The number of fused-ring (bicyclic) bond motifs is 3. The number of para-hydroxylation sites is 1. The monoisotopic (exact) mass is 229 g/mol. The number of carboxylic acids is 1. The van der Waals surface area contributed by atoms with Gasteiger partial charge in [-0.3, -0.25) is 4.68 Å². The minimum absolute atomic E-state index is 0.0966. The Balaban J connectivity index is 2.59. The number of hydrogen-bond donors (Lipinski definition) is 2. The van der Waals surface area contributed by atoms with Gasteiger partial charge < -0.3 is 10.1 Å². The van der Waals surface area contributed by atoms with E-state index in [9.17, 15) is 4.79 Å². The van der Waals surface area contributed by atoms with Gasteiger partial charge in [-0.15, -0.1) is 0 Å². The molecule has 0 aliphatic heterocycles. The molecule has 0 unspecified atom stereocenters. The van der Waals surface area contributed by atoms with E-state index in [2.05, 4.69) is 10.1 Å². The quantitative estimate of drug-likeness (QED) is 0.671. The summed E-state index contributed by atoms with van der Waals surface area (Å²) in [5, 5.41) is 14.8. The molecule has 2 heterocycles. The van der Waals surface area contributed by atoms with Crippen LogP contribution < -0.4 is 0 Å². The zero-order valence-electron chi connectivity index (χ0n) is 9.48. The highest BCUT2D eigenvalue weighted by Crippen LogP contribution is 2.29. The number of nitrogens with one attached hydrogen (secondary N) is 1. The van der Waals surface area contributed by atoms with Crippen LogP contribution in [0.4, 0.5) is 0 Å². The Morgan fingerprint density at radius 1 is 1.47 bits per heavy atom. The summed E-state index contributed by atoms with van der Waals surface area (Å²) >= 11 is 0. The van der Waals surface area contributed by atoms with Crippen molar-refractivity contribution in [2.75, 3.05) is 0 Å². The number of rotatable bonds is 1.